The Bertz CT molecular complexity index is 906. The average Bonchev–Trinajstić information content (AvgIpc) is 3.31. The largest absolute Gasteiger partial charge is 0.444 e. The fourth-order valence-corrected chi connectivity index (χ4v) is 5.71. The number of rotatable bonds is 13. The molecule has 3 atom stereocenters. The predicted octanol–water partition coefficient (Wildman–Crippen LogP) is 5.84. The molecule has 9 nitrogen and oxygen atoms in total. The Morgan fingerprint density at radius 3 is 2.62 bits per heavy atom. The summed E-state index contributed by atoms with van der Waals surface area (Å²) >= 11 is 0. The zero-order valence-electron chi connectivity index (χ0n) is 26.5. The van der Waals surface area contributed by atoms with Gasteiger partial charge >= 0.3 is 6.09 Å². The van der Waals surface area contributed by atoms with Crippen LogP contribution in [-0.2, 0) is 25.5 Å². The molecule has 1 saturated carbocycles. The van der Waals surface area contributed by atoms with Gasteiger partial charge in [-0.1, -0.05) is 13.8 Å². The highest BCUT2D eigenvalue weighted by Gasteiger charge is 2.39. The maximum Gasteiger partial charge on any atom is 0.410 e. The molecule has 2 unspecified atom stereocenters. The first-order valence-electron chi connectivity index (χ1n) is 15.3. The zero-order valence-corrected chi connectivity index (χ0v) is 26.5. The van der Waals surface area contributed by atoms with E-state index in [4.69, 9.17) is 24.0 Å². The van der Waals surface area contributed by atoms with Gasteiger partial charge in [-0.25, -0.2) is 9.48 Å². The van der Waals surface area contributed by atoms with Gasteiger partial charge in [-0.2, -0.15) is 5.10 Å². The molecule has 1 saturated heterocycles. The van der Waals surface area contributed by atoms with E-state index in [0.29, 0.717) is 18.4 Å². The Morgan fingerprint density at radius 1 is 1.18 bits per heavy atom. The number of ether oxygens (including phenoxy) is 4. The first kappa shape index (κ1) is 32.8. The van der Waals surface area contributed by atoms with Crippen LogP contribution < -0.4 is 0 Å². The average molecular weight is 565 g/mol. The van der Waals surface area contributed by atoms with Gasteiger partial charge in [0.05, 0.1) is 5.69 Å². The van der Waals surface area contributed by atoms with E-state index in [0.717, 1.165) is 78.0 Å². The normalized spacial score (nSPS) is 23.4. The molecule has 40 heavy (non-hydrogen) atoms. The van der Waals surface area contributed by atoms with Gasteiger partial charge in [-0.3, -0.25) is 0 Å². The van der Waals surface area contributed by atoms with E-state index < -0.39 is 5.60 Å². The van der Waals surface area contributed by atoms with E-state index in [2.05, 4.69) is 36.7 Å². The van der Waals surface area contributed by atoms with Crippen LogP contribution in [0.5, 0.6) is 0 Å². The highest BCUT2D eigenvalue weighted by atomic mass is 16.6. The van der Waals surface area contributed by atoms with Crippen molar-refractivity contribution in [3.63, 3.8) is 0 Å². The molecule has 1 aliphatic carbocycles. The lowest BCUT2D eigenvalue weighted by Gasteiger charge is -2.42. The van der Waals surface area contributed by atoms with Crippen LogP contribution in [0.25, 0.3) is 0 Å². The van der Waals surface area contributed by atoms with Crippen LogP contribution in [0.1, 0.15) is 103 Å². The van der Waals surface area contributed by atoms with E-state index in [1.54, 1.807) is 19.1 Å². The Balaban J connectivity index is 1.69. The zero-order chi connectivity index (χ0) is 29.3. The van der Waals surface area contributed by atoms with Gasteiger partial charge < -0.3 is 28.7 Å². The summed E-state index contributed by atoms with van der Waals surface area (Å²) in [6.45, 7) is 15.6. The molecule has 9 heteroatoms. The van der Waals surface area contributed by atoms with Crippen molar-refractivity contribution in [2.75, 3.05) is 60.7 Å². The van der Waals surface area contributed by atoms with Gasteiger partial charge in [0.15, 0.2) is 0 Å². The lowest BCUT2D eigenvalue weighted by Crippen LogP contribution is -2.38. The third kappa shape index (κ3) is 10.00. The number of hydrogen-bond acceptors (Lipinski definition) is 7. The van der Waals surface area contributed by atoms with Crippen molar-refractivity contribution >= 4 is 6.09 Å². The maximum absolute atomic E-state index is 12.4. The van der Waals surface area contributed by atoms with E-state index in [1.807, 2.05) is 20.8 Å². The Labute approximate surface area is 242 Å². The minimum Gasteiger partial charge on any atom is -0.444 e. The number of likely N-dealkylation sites (N-methyl/N-ethyl adjacent to an activating group) is 2. The molecule has 2 heterocycles. The van der Waals surface area contributed by atoms with Gasteiger partial charge in [0.1, 0.15) is 11.8 Å². The Hall–Kier alpha value is -1.68. The Morgan fingerprint density at radius 2 is 1.95 bits per heavy atom. The summed E-state index contributed by atoms with van der Waals surface area (Å²) in [5.41, 5.74) is 2.22. The van der Waals surface area contributed by atoms with Crippen molar-refractivity contribution in [2.45, 2.75) is 104 Å². The Kier molecular flexibility index (Phi) is 12.3. The minimum atomic E-state index is -0.497. The fourth-order valence-electron chi connectivity index (χ4n) is 5.71. The molecule has 0 radical (unpaired) electrons. The molecule has 230 valence electrons. The smallest absolute Gasteiger partial charge is 0.410 e. The van der Waals surface area contributed by atoms with Crippen LogP contribution in [-0.4, -0.2) is 92.0 Å². The fraction of sp³-hybridized carbons (Fsp3) is 0.871. The molecule has 1 amide bonds. The van der Waals surface area contributed by atoms with Crippen molar-refractivity contribution < 1.29 is 23.7 Å². The number of amides is 1. The van der Waals surface area contributed by atoms with Crippen molar-refractivity contribution in [1.82, 2.24) is 19.6 Å². The topological polar surface area (TPSA) is 78.3 Å². The monoisotopic (exact) mass is 564 g/mol. The molecular weight excluding hydrogens is 508 g/mol. The molecule has 0 N–H and O–H groups in total. The summed E-state index contributed by atoms with van der Waals surface area (Å²) in [6, 6.07) is 0. The second-order valence-electron chi connectivity index (χ2n) is 13.6. The number of carbonyl (C=O) groups is 1. The molecule has 2 aliphatic rings. The number of hydrogen-bond donors (Lipinski definition) is 0. The molecular formula is C31H56N4O5. The van der Waals surface area contributed by atoms with Crippen LogP contribution in [0.15, 0.2) is 6.20 Å². The molecule has 1 aromatic rings. The molecule has 1 aromatic heterocycles. The summed E-state index contributed by atoms with van der Waals surface area (Å²) < 4.78 is 25.0. The summed E-state index contributed by atoms with van der Waals surface area (Å²) in [5, 5.41) is 5.20. The molecule has 0 bridgehead atoms. The van der Waals surface area contributed by atoms with E-state index in [9.17, 15) is 4.79 Å². The maximum atomic E-state index is 12.4. The number of carbonyl (C=O) groups excluding carboxylic acids is 1. The molecule has 0 spiro atoms. The predicted molar refractivity (Wildman–Crippen MR) is 157 cm³/mol. The van der Waals surface area contributed by atoms with Crippen molar-refractivity contribution in [3.05, 3.63) is 17.5 Å². The van der Waals surface area contributed by atoms with Crippen LogP contribution in [0.3, 0.4) is 0 Å². The van der Waals surface area contributed by atoms with Crippen LogP contribution >= 0.6 is 0 Å². The van der Waals surface area contributed by atoms with E-state index in [1.165, 1.54) is 17.7 Å². The third-order valence-electron chi connectivity index (χ3n) is 8.41. The standard InChI is InChI=1S/C31H56N4O5/c1-30(2,3)40-29(36)34(7)16-15-33(6)21-25-22-35(27-12-9-10-19-39-27)32-28(25)24-13-14-31(4,5)26(20-24)23-38-18-11-17-37-8/h22,24,26-27H,9-21,23H2,1-8H3/t24?,26-,27?/m0/s1. The summed E-state index contributed by atoms with van der Waals surface area (Å²) in [4.78, 5) is 16.3. The second kappa shape index (κ2) is 15.0. The number of methoxy groups -OCH3 is 1. The molecule has 3 rings (SSSR count). The molecule has 0 aromatic carbocycles. The van der Waals surface area contributed by atoms with Gasteiger partial charge in [0.25, 0.3) is 0 Å². The quantitative estimate of drug-likeness (QED) is 0.278. The summed E-state index contributed by atoms with van der Waals surface area (Å²) in [6.07, 6.45) is 9.55. The van der Waals surface area contributed by atoms with Gasteiger partial charge in [0.2, 0.25) is 0 Å². The van der Waals surface area contributed by atoms with E-state index >= 15 is 0 Å². The van der Waals surface area contributed by atoms with Crippen molar-refractivity contribution in [2.24, 2.45) is 11.3 Å². The minimum absolute atomic E-state index is 0.0183. The van der Waals surface area contributed by atoms with Crippen LogP contribution in [0.4, 0.5) is 4.79 Å². The third-order valence-corrected chi connectivity index (χ3v) is 8.41. The van der Waals surface area contributed by atoms with E-state index in [-0.39, 0.29) is 17.7 Å². The van der Waals surface area contributed by atoms with Gasteiger partial charge in [0, 0.05) is 77.9 Å². The second-order valence-corrected chi connectivity index (χ2v) is 13.6. The molecule has 1 aliphatic heterocycles. The lowest BCUT2D eigenvalue weighted by molar-refractivity contribution is -0.0400. The van der Waals surface area contributed by atoms with Crippen molar-refractivity contribution in [3.8, 4) is 0 Å². The highest BCUT2D eigenvalue weighted by molar-refractivity contribution is 5.67. The lowest BCUT2D eigenvalue weighted by atomic mass is 9.65. The van der Waals surface area contributed by atoms with Crippen LogP contribution in [0, 0.1) is 11.3 Å². The summed E-state index contributed by atoms with van der Waals surface area (Å²) in [7, 11) is 5.65. The van der Waals surface area contributed by atoms with Gasteiger partial charge in [-0.05, 0) is 84.1 Å². The first-order valence-corrected chi connectivity index (χ1v) is 15.3. The number of aromatic nitrogens is 2. The SMILES string of the molecule is COCCCOC[C@@H]1CC(c2nn(C3CCCCO3)cc2CN(C)CCN(C)C(=O)OC(C)(C)C)CCC1(C)C. The highest BCUT2D eigenvalue weighted by Crippen LogP contribution is 2.47. The van der Waals surface area contributed by atoms with Gasteiger partial charge in [-0.15, -0.1) is 0 Å². The number of nitrogens with zero attached hydrogens (tertiary/aromatic N) is 4. The van der Waals surface area contributed by atoms with Crippen molar-refractivity contribution in [1.29, 1.82) is 0 Å². The van der Waals surface area contributed by atoms with Crippen LogP contribution in [0.2, 0.25) is 0 Å². The first-order chi connectivity index (χ1) is 18.9. The molecule has 2 fully saturated rings. The summed E-state index contributed by atoms with van der Waals surface area (Å²) in [5.74, 6) is 0.885.